The minimum atomic E-state index is -0.285. The molecule has 0 fully saturated rings. The van der Waals surface area contributed by atoms with E-state index in [-0.39, 0.29) is 11.7 Å². The van der Waals surface area contributed by atoms with E-state index in [0.717, 1.165) is 5.56 Å². The van der Waals surface area contributed by atoms with Gasteiger partial charge in [-0.25, -0.2) is 14.4 Å². The number of aromatic nitrogens is 2. The zero-order chi connectivity index (χ0) is 14.0. The summed E-state index contributed by atoms with van der Waals surface area (Å²) in [5.74, 6) is 1.11. The number of aryl methyl sites for hydroxylation is 1. The van der Waals surface area contributed by atoms with E-state index in [2.05, 4.69) is 15.3 Å². The van der Waals surface area contributed by atoms with Crippen LogP contribution < -0.4 is 5.32 Å². The summed E-state index contributed by atoms with van der Waals surface area (Å²) in [4.78, 5) is 8.51. The van der Waals surface area contributed by atoms with E-state index in [1.807, 2.05) is 26.8 Å². The molecular formula is C14H15ClFN3. The number of rotatable bonds is 3. The van der Waals surface area contributed by atoms with Gasteiger partial charge in [-0.15, -0.1) is 0 Å². The number of hydrogen-bond donors (Lipinski definition) is 1. The van der Waals surface area contributed by atoms with Gasteiger partial charge in [0.2, 0.25) is 0 Å². The van der Waals surface area contributed by atoms with E-state index in [1.165, 1.54) is 12.1 Å². The highest BCUT2D eigenvalue weighted by Gasteiger charge is 2.08. The van der Waals surface area contributed by atoms with Crippen molar-refractivity contribution in [3.8, 4) is 0 Å². The van der Waals surface area contributed by atoms with Gasteiger partial charge in [0.15, 0.2) is 0 Å². The number of anilines is 2. The summed E-state index contributed by atoms with van der Waals surface area (Å²) in [5.41, 5.74) is 1.48. The predicted octanol–water partition coefficient (Wildman–Crippen LogP) is 4.44. The fraction of sp³-hybridized carbons (Fsp3) is 0.286. The summed E-state index contributed by atoms with van der Waals surface area (Å²) in [5, 5.41) is 3.42. The molecule has 0 saturated carbocycles. The highest BCUT2D eigenvalue weighted by molar-refractivity contribution is 6.29. The second kappa shape index (κ2) is 5.53. The monoisotopic (exact) mass is 279 g/mol. The van der Waals surface area contributed by atoms with Gasteiger partial charge in [-0.3, -0.25) is 0 Å². The lowest BCUT2D eigenvalue weighted by Crippen LogP contribution is -2.02. The fourth-order valence-corrected chi connectivity index (χ4v) is 1.90. The zero-order valence-electron chi connectivity index (χ0n) is 11.0. The van der Waals surface area contributed by atoms with Crippen LogP contribution in [-0.4, -0.2) is 9.97 Å². The summed E-state index contributed by atoms with van der Waals surface area (Å²) >= 11 is 5.96. The molecule has 1 aromatic heterocycles. The van der Waals surface area contributed by atoms with Gasteiger partial charge < -0.3 is 5.32 Å². The van der Waals surface area contributed by atoms with E-state index < -0.39 is 0 Å². The van der Waals surface area contributed by atoms with E-state index in [0.29, 0.717) is 22.5 Å². The molecule has 1 aromatic carbocycles. The lowest BCUT2D eigenvalue weighted by Gasteiger charge is -2.10. The van der Waals surface area contributed by atoms with E-state index in [9.17, 15) is 4.39 Å². The van der Waals surface area contributed by atoms with Crippen LogP contribution in [0, 0.1) is 12.7 Å². The average molecular weight is 280 g/mol. The lowest BCUT2D eigenvalue weighted by molar-refractivity contribution is 0.627. The fourth-order valence-electron chi connectivity index (χ4n) is 1.71. The van der Waals surface area contributed by atoms with Crippen molar-refractivity contribution in [1.82, 2.24) is 9.97 Å². The maximum absolute atomic E-state index is 13.3. The Kier molecular flexibility index (Phi) is 4.00. The summed E-state index contributed by atoms with van der Waals surface area (Å²) in [6.07, 6.45) is 0. The van der Waals surface area contributed by atoms with Gasteiger partial charge in [0, 0.05) is 17.7 Å². The minimum absolute atomic E-state index is 0.175. The molecular weight excluding hydrogens is 265 g/mol. The van der Waals surface area contributed by atoms with E-state index in [1.54, 1.807) is 6.07 Å². The Morgan fingerprint density at radius 3 is 2.53 bits per heavy atom. The molecule has 0 spiro atoms. The van der Waals surface area contributed by atoms with Gasteiger partial charge >= 0.3 is 0 Å². The molecule has 100 valence electrons. The number of halogens is 2. The summed E-state index contributed by atoms with van der Waals surface area (Å²) in [6, 6.07) is 6.34. The van der Waals surface area contributed by atoms with Gasteiger partial charge in [0.05, 0.1) is 0 Å². The van der Waals surface area contributed by atoms with Crippen LogP contribution in [0.3, 0.4) is 0 Å². The smallest absolute Gasteiger partial charge is 0.135 e. The van der Waals surface area contributed by atoms with Crippen molar-refractivity contribution in [2.24, 2.45) is 0 Å². The number of benzene rings is 1. The summed E-state index contributed by atoms with van der Waals surface area (Å²) in [6.45, 7) is 5.81. The Morgan fingerprint density at radius 1 is 1.16 bits per heavy atom. The van der Waals surface area contributed by atoms with E-state index in [4.69, 9.17) is 11.6 Å². The molecule has 0 radical (unpaired) electrons. The molecule has 0 bridgehead atoms. The van der Waals surface area contributed by atoms with Crippen LogP contribution in [0.5, 0.6) is 0 Å². The highest BCUT2D eigenvalue weighted by Crippen LogP contribution is 2.21. The van der Waals surface area contributed by atoms with Gasteiger partial charge in [0.25, 0.3) is 0 Å². The molecule has 0 saturated heterocycles. The van der Waals surface area contributed by atoms with Crippen LogP contribution in [0.1, 0.15) is 31.2 Å². The topological polar surface area (TPSA) is 37.8 Å². The Morgan fingerprint density at radius 2 is 1.89 bits per heavy atom. The molecule has 2 aromatic rings. The van der Waals surface area contributed by atoms with Crippen molar-refractivity contribution >= 4 is 23.1 Å². The van der Waals surface area contributed by atoms with Crippen LogP contribution in [0.15, 0.2) is 24.3 Å². The largest absolute Gasteiger partial charge is 0.340 e. The molecule has 19 heavy (non-hydrogen) atoms. The van der Waals surface area contributed by atoms with Crippen LogP contribution in [-0.2, 0) is 0 Å². The minimum Gasteiger partial charge on any atom is -0.340 e. The molecule has 0 amide bonds. The zero-order valence-corrected chi connectivity index (χ0v) is 11.8. The molecule has 1 heterocycles. The van der Waals surface area contributed by atoms with Crippen LogP contribution in [0.2, 0.25) is 5.15 Å². The van der Waals surface area contributed by atoms with Crippen molar-refractivity contribution in [2.45, 2.75) is 26.7 Å². The maximum Gasteiger partial charge on any atom is 0.135 e. The average Bonchev–Trinajstić information content (AvgIpc) is 2.26. The second-order valence-electron chi connectivity index (χ2n) is 4.73. The molecule has 2 rings (SSSR count). The molecule has 0 aliphatic carbocycles. The number of nitrogens with one attached hydrogen (secondary N) is 1. The SMILES string of the molecule is Cc1cc(F)cc(Nc2cc(Cl)nc(C(C)C)n2)c1. The summed E-state index contributed by atoms with van der Waals surface area (Å²) < 4.78 is 13.3. The van der Waals surface area contributed by atoms with E-state index >= 15 is 0 Å². The third-order valence-corrected chi connectivity index (χ3v) is 2.74. The molecule has 5 heteroatoms. The molecule has 0 aliphatic heterocycles. The lowest BCUT2D eigenvalue weighted by atomic mass is 10.2. The Labute approximate surface area is 116 Å². The Bertz CT molecular complexity index is 579. The molecule has 1 N–H and O–H groups in total. The van der Waals surface area contributed by atoms with Gasteiger partial charge in [-0.05, 0) is 30.7 Å². The van der Waals surface area contributed by atoms with Crippen LogP contribution in [0.25, 0.3) is 0 Å². The first-order valence-electron chi connectivity index (χ1n) is 6.03. The second-order valence-corrected chi connectivity index (χ2v) is 5.12. The molecule has 0 atom stereocenters. The van der Waals surface area contributed by atoms with Gasteiger partial charge in [0.1, 0.15) is 22.6 Å². The van der Waals surface area contributed by atoms with Gasteiger partial charge in [-0.1, -0.05) is 25.4 Å². The first-order valence-corrected chi connectivity index (χ1v) is 6.40. The quantitative estimate of drug-likeness (QED) is 0.844. The first kappa shape index (κ1) is 13.7. The normalized spacial score (nSPS) is 10.8. The standard InChI is InChI=1S/C14H15ClFN3/c1-8(2)14-18-12(15)7-13(19-14)17-11-5-9(3)4-10(16)6-11/h4-8H,1-3H3,(H,17,18,19). The number of nitrogens with zero attached hydrogens (tertiary/aromatic N) is 2. The van der Waals surface area contributed by atoms with Gasteiger partial charge in [-0.2, -0.15) is 0 Å². The number of hydrogen-bond acceptors (Lipinski definition) is 3. The van der Waals surface area contributed by atoms with Crippen molar-refractivity contribution in [1.29, 1.82) is 0 Å². The molecule has 0 aliphatic rings. The highest BCUT2D eigenvalue weighted by atomic mass is 35.5. The Balaban J connectivity index is 2.32. The van der Waals surface area contributed by atoms with Crippen LogP contribution in [0.4, 0.5) is 15.9 Å². The third kappa shape index (κ3) is 3.64. The molecule has 0 unspecified atom stereocenters. The maximum atomic E-state index is 13.3. The van der Waals surface area contributed by atoms with Crippen LogP contribution >= 0.6 is 11.6 Å². The predicted molar refractivity (Wildman–Crippen MR) is 75.6 cm³/mol. The van der Waals surface area contributed by atoms with Crippen molar-refractivity contribution < 1.29 is 4.39 Å². The summed E-state index contributed by atoms with van der Waals surface area (Å²) in [7, 11) is 0. The third-order valence-electron chi connectivity index (χ3n) is 2.54. The first-order chi connectivity index (χ1) is 8.94. The van der Waals surface area contributed by atoms with Crippen molar-refractivity contribution in [3.05, 3.63) is 46.6 Å². The van der Waals surface area contributed by atoms with Crippen molar-refractivity contribution in [2.75, 3.05) is 5.32 Å². The Hall–Kier alpha value is -1.68. The van der Waals surface area contributed by atoms with Crippen molar-refractivity contribution in [3.63, 3.8) is 0 Å². The molecule has 3 nitrogen and oxygen atoms in total.